The first-order valence-corrected chi connectivity index (χ1v) is 8.72. The van der Waals surface area contributed by atoms with E-state index in [9.17, 15) is 0 Å². The zero-order valence-electron chi connectivity index (χ0n) is 14.0. The monoisotopic (exact) mass is 408 g/mol. The molecule has 0 saturated carbocycles. The molecule has 3 aromatic rings. The highest BCUT2D eigenvalue weighted by atomic mass is 35.5. The minimum absolute atomic E-state index is 0. The van der Waals surface area contributed by atoms with Gasteiger partial charge in [0.1, 0.15) is 12.4 Å². The van der Waals surface area contributed by atoms with Crippen LogP contribution in [0.15, 0.2) is 67.0 Å². The predicted octanol–water partition coefficient (Wildman–Crippen LogP) is 5.68. The van der Waals surface area contributed by atoms with Gasteiger partial charge in [-0.3, -0.25) is 4.98 Å². The average molecular weight is 410 g/mol. The highest BCUT2D eigenvalue weighted by molar-refractivity contribution is 6.31. The van der Waals surface area contributed by atoms with Crippen LogP contribution in [0.25, 0.3) is 0 Å². The van der Waals surface area contributed by atoms with Crippen molar-refractivity contribution in [3.63, 3.8) is 0 Å². The molecule has 136 valence electrons. The van der Waals surface area contributed by atoms with Crippen molar-refractivity contribution in [3.05, 3.63) is 93.7 Å². The molecule has 0 atom stereocenters. The Morgan fingerprint density at radius 1 is 0.923 bits per heavy atom. The lowest BCUT2D eigenvalue weighted by Crippen LogP contribution is -2.14. The van der Waals surface area contributed by atoms with Gasteiger partial charge in [-0.25, -0.2) is 0 Å². The van der Waals surface area contributed by atoms with E-state index in [2.05, 4.69) is 10.3 Å². The fourth-order valence-electron chi connectivity index (χ4n) is 2.44. The van der Waals surface area contributed by atoms with Crippen molar-refractivity contribution in [2.75, 3.05) is 0 Å². The molecule has 0 aliphatic heterocycles. The van der Waals surface area contributed by atoms with E-state index >= 15 is 0 Å². The second-order valence-electron chi connectivity index (χ2n) is 5.60. The topological polar surface area (TPSA) is 34.1 Å². The normalized spacial score (nSPS) is 10.2. The molecule has 26 heavy (non-hydrogen) atoms. The summed E-state index contributed by atoms with van der Waals surface area (Å²) in [5.41, 5.74) is 3.08. The lowest BCUT2D eigenvalue weighted by atomic mass is 10.2. The zero-order chi connectivity index (χ0) is 17.5. The smallest absolute Gasteiger partial charge is 0.124 e. The molecule has 1 heterocycles. The number of nitrogens with zero attached hydrogens (tertiary/aromatic N) is 1. The van der Waals surface area contributed by atoms with E-state index < -0.39 is 0 Å². The summed E-state index contributed by atoms with van der Waals surface area (Å²) in [7, 11) is 0. The molecular formula is C20H19Cl3N2O. The van der Waals surface area contributed by atoms with Gasteiger partial charge in [0.2, 0.25) is 0 Å². The molecule has 0 spiro atoms. The summed E-state index contributed by atoms with van der Waals surface area (Å²) in [6, 6.07) is 17.3. The van der Waals surface area contributed by atoms with Crippen LogP contribution < -0.4 is 10.1 Å². The van der Waals surface area contributed by atoms with Crippen LogP contribution in [-0.4, -0.2) is 4.98 Å². The molecule has 0 bridgehead atoms. The fraction of sp³-hybridized carbons (Fsp3) is 0.150. The molecule has 0 radical (unpaired) electrons. The molecule has 0 aliphatic carbocycles. The minimum Gasteiger partial charge on any atom is -0.489 e. The lowest BCUT2D eigenvalue weighted by molar-refractivity contribution is 0.302. The molecule has 1 N–H and O–H groups in total. The van der Waals surface area contributed by atoms with Gasteiger partial charge >= 0.3 is 0 Å². The lowest BCUT2D eigenvalue weighted by Gasteiger charge is -2.13. The van der Waals surface area contributed by atoms with E-state index in [1.807, 2.05) is 60.8 Å². The van der Waals surface area contributed by atoms with E-state index in [1.54, 1.807) is 6.20 Å². The summed E-state index contributed by atoms with van der Waals surface area (Å²) in [6.07, 6.45) is 3.61. The quantitative estimate of drug-likeness (QED) is 0.545. The number of benzene rings is 2. The number of nitrogens with one attached hydrogen (secondary N) is 1. The van der Waals surface area contributed by atoms with Crippen molar-refractivity contribution in [3.8, 4) is 5.75 Å². The van der Waals surface area contributed by atoms with Gasteiger partial charge in [-0.2, -0.15) is 0 Å². The molecule has 3 nitrogen and oxygen atoms in total. The fourth-order valence-corrected chi connectivity index (χ4v) is 2.83. The number of halogens is 3. The first kappa shape index (κ1) is 20.5. The van der Waals surface area contributed by atoms with Gasteiger partial charge in [-0.15, -0.1) is 12.4 Å². The third-order valence-electron chi connectivity index (χ3n) is 3.73. The number of hydrogen-bond donors (Lipinski definition) is 1. The van der Waals surface area contributed by atoms with Crippen LogP contribution >= 0.6 is 35.6 Å². The van der Waals surface area contributed by atoms with Crippen LogP contribution in [0.4, 0.5) is 0 Å². The Hall–Kier alpha value is -1.78. The van der Waals surface area contributed by atoms with E-state index in [4.69, 9.17) is 27.9 Å². The summed E-state index contributed by atoms with van der Waals surface area (Å²) in [5, 5.41) is 4.78. The average Bonchev–Trinajstić information content (AvgIpc) is 2.63. The Morgan fingerprint density at radius 3 is 2.54 bits per heavy atom. The largest absolute Gasteiger partial charge is 0.489 e. The molecule has 0 amide bonds. The summed E-state index contributed by atoms with van der Waals surface area (Å²) in [4.78, 5) is 4.11. The Morgan fingerprint density at radius 2 is 1.77 bits per heavy atom. The molecule has 0 unspecified atom stereocenters. The van der Waals surface area contributed by atoms with Crippen molar-refractivity contribution in [2.45, 2.75) is 19.7 Å². The van der Waals surface area contributed by atoms with E-state index in [0.717, 1.165) is 29.0 Å². The Labute approximate surface area is 169 Å². The van der Waals surface area contributed by atoms with E-state index in [1.165, 1.54) is 0 Å². The number of rotatable bonds is 7. The van der Waals surface area contributed by atoms with Crippen LogP contribution in [0, 0.1) is 0 Å². The third kappa shape index (κ3) is 5.89. The third-order valence-corrected chi connectivity index (χ3v) is 4.33. The zero-order valence-corrected chi connectivity index (χ0v) is 16.3. The maximum Gasteiger partial charge on any atom is 0.124 e. The summed E-state index contributed by atoms with van der Waals surface area (Å²) in [5.74, 6) is 0.794. The number of ether oxygens (including phenoxy) is 1. The second-order valence-corrected chi connectivity index (χ2v) is 6.44. The van der Waals surface area contributed by atoms with Gasteiger partial charge in [-0.1, -0.05) is 47.5 Å². The van der Waals surface area contributed by atoms with Gasteiger partial charge in [0, 0.05) is 46.7 Å². The maximum atomic E-state index is 6.19. The number of pyridine rings is 1. The van der Waals surface area contributed by atoms with E-state index in [-0.39, 0.29) is 12.4 Å². The van der Waals surface area contributed by atoms with Crippen LogP contribution in [0.5, 0.6) is 5.75 Å². The van der Waals surface area contributed by atoms with Crippen LogP contribution in [0.2, 0.25) is 10.0 Å². The molecule has 6 heteroatoms. The second kappa shape index (κ2) is 10.4. The SMILES string of the molecule is Cl.Clc1ccc(OCc2ccccc2Cl)c(CNCc2cccnc2)c1. The van der Waals surface area contributed by atoms with Crippen LogP contribution in [-0.2, 0) is 19.7 Å². The standard InChI is InChI=1S/C20H18Cl2N2O.ClH/c21-18-7-8-20(25-14-16-5-1-2-6-19(16)22)17(10-18)13-24-12-15-4-3-9-23-11-15;/h1-11,24H,12-14H2;1H. The highest BCUT2D eigenvalue weighted by Crippen LogP contribution is 2.25. The number of aromatic nitrogens is 1. The van der Waals surface area contributed by atoms with Crippen molar-refractivity contribution in [2.24, 2.45) is 0 Å². The summed E-state index contributed by atoms with van der Waals surface area (Å²) in [6.45, 7) is 1.79. The van der Waals surface area contributed by atoms with Crippen molar-refractivity contribution in [1.82, 2.24) is 10.3 Å². The first-order chi connectivity index (χ1) is 12.2. The van der Waals surface area contributed by atoms with Crippen LogP contribution in [0.3, 0.4) is 0 Å². The molecule has 1 aromatic heterocycles. The van der Waals surface area contributed by atoms with Gasteiger partial charge in [0.05, 0.1) is 0 Å². The maximum absolute atomic E-state index is 6.19. The van der Waals surface area contributed by atoms with Crippen LogP contribution in [0.1, 0.15) is 16.7 Å². The van der Waals surface area contributed by atoms with Gasteiger partial charge < -0.3 is 10.1 Å². The van der Waals surface area contributed by atoms with Crippen molar-refractivity contribution < 1.29 is 4.74 Å². The van der Waals surface area contributed by atoms with Gasteiger partial charge in [0.25, 0.3) is 0 Å². The molecule has 0 fully saturated rings. The van der Waals surface area contributed by atoms with Crippen molar-refractivity contribution >= 4 is 35.6 Å². The van der Waals surface area contributed by atoms with E-state index in [0.29, 0.717) is 23.2 Å². The molecular weight excluding hydrogens is 391 g/mol. The predicted molar refractivity (Wildman–Crippen MR) is 109 cm³/mol. The Bertz CT molecular complexity index is 828. The van der Waals surface area contributed by atoms with Gasteiger partial charge in [0.15, 0.2) is 0 Å². The molecule has 0 saturated heterocycles. The molecule has 2 aromatic carbocycles. The Kier molecular flexibility index (Phi) is 8.20. The molecule has 3 rings (SSSR count). The Balaban J connectivity index is 0.00000243. The summed E-state index contributed by atoms with van der Waals surface area (Å²) < 4.78 is 5.97. The van der Waals surface area contributed by atoms with Crippen molar-refractivity contribution in [1.29, 1.82) is 0 Å². The first-order valence-electron chi connectivity index (χ1n) is 7.96. The molecule has 0 aliphatic rings. The number of hydrogen-bond acceptors (Lipinski definition) is 3. The van der Waals surface area contributed by atoms with Gasteiger partial charge in [-0.05, 0) is 35.9 Å². The summed E-state index contributed by atoms with van der Waals surface area (Å²) >= 11 is 12.3. The minimum atomic E-state index is 0. The highest BCUT2D eigenvalue weighted by Gasteiger charge is 2.07.